The van der Waals surface area contributed by atoms with Gasteiger partial charge in [-0.15, -0.1) is 10.2 Å². The Balaban J connectivity index is 1.85. The van der Waals surface area contributed by atoms with Crippen LogP contribution in [0, 0.1) is 13.8 Å². The van der Waals surface area contributed by atoms with Gasteiger partial charge in [0.1, 0.15) is 5.69 Å². The summed E-state index contributed by atoms with van der Waals surface area (Å²) in [5.41, 5.74) is 5.66. The van der Waals surface area contributed by atoms with Crippen molar-refractivity contribution in [2.24, 2.45) is 7.05 Å². The molecule has 0 aliphatic carbocycles. The average Bonchev–Trinajstić information content (AvgIpc) is 3.24. The van der Waals surface area contributed by atoms with Crippen LogP contribution >= 0.6 is 0 Å². The molecule has 0 amide bonds. The molecule has 0 spiro atoms. The molecule has 0 radical (unpaired) electrons. The molecule has 4 rings (SSSR count). The van der Waals surface area contributed by atoms with Gasteiger partial charge in [-0.1, -0.05) is 12.1 Å². The Bertz CT molecular complexity index is 1080. The highest BCUT2D eigenvalue weighted by Gasteiger charge is 2.16. The fourth-order valence-corrected chi connectivity index (χ4v) is 2.82. The summed E-state index contributed by atoms with van der Waals surface area (Å²) in [5.74, 6) is 0.659. The van der Waals surface area contributed by atoms with Crippen LogP contribution in [0.2, 0.25) is 0 Å². The van der Waals surface area contributed by atoms with Crippen LogP contribution in [0.3, 0.4) is 0 Å². The van der Waals surface area contributed by atoms with Crippen LogP contribution in [-0.2, 0) is 7.05 Å². The van der Waals surface area contributed by atoms with E-state index in [2.05, 4.69) is 43.9 Å². The second kappa shape index (κ2) is 5.70. The number of aromatic nitrogens is 6. The minimum Gasteiger partial charge on any atom is -0.388 e. The van der Waals surface area contributed by atoms with Crippen molar-refractivity contribution in [1.82, 2.24) is 29.6 Å². The first-order valence-corrected chi connectivity index (χ1v) is 8.09. The van der Waals surface area contributed by atoms with Crippen molar-refractivity contribution >= 4 is 17.4 Å². The molecular formula is C18H19N7. The average molecular weight is 333 g/mol. The lowest BCUT2D eigenvalue weighted by Gasteiger charge is -1.99. The summed E-state index contributed by atoms with van der Waals surface area (Å²) in [6.07, 6.45) is 2.08. The molecule has 1 N–H and O–H groups in total. The molecule has 0 aliphatic heterocycles. The zero-order valence-corrected chi connectivity index (χ0v) is 14.6. The lowest BCUT2D eigenvalue weighted by atomic mass is 10.1. The van der Waals surface area contributed by atoms with Gasteiger partial charge in [-0.2, -0.15) is 14.7 Å². The van der Waals surface area contributed by atoms with E-state index in [1.54, 1.807) is 4.52 Å². The fourth-order valence-electron chi connectivity index (χ4n) is 2.82. The minimum atomic E-state index is 0.659. The van der Waals surface area contributed by atoms with E-state index in [0.717, 1.165) is 39.2 Å². The predicted molar refractivity (Wildman–Crippen MR) is 97.2 cm³/mol. The largest absolute Gasteiger partial charge is 0.388 e. The van der Waals surface area contributed by atoms with Gasteiger partial charge in [0.05, 0.1) is 5.69 Å². The van der Waals surface area contributed by atoms with E-state index in [9.17, 15) is 0 Å². The van der Waals surface area contributed by atoms with Crippen molar-refractivity contribution in [3.8, 4) is 11.5 Å². The smallest absolute Gasteiger partial charge is 0.205 e. The normalized spacial score (nSPS) is 12.2. The summed E-state index contributed by atoms with van der Waals surface area (Å²) >= 11 is 0. The topological polar surface area (TPSA) is 72.9 Å². The van der Waals surface area contributed by atoms with Gasteiger partial charge in [-0.3, -0.25) is 4.68 Å². The molecule has 0 saturated carbocycles. The van der Waals surface area contributed by atoms with Crippen LogP contribution in [0.5, 0.6) is 0 Å². The third kappa shape index (κ3) is 2.53. The van der Waals surface area contributed by atoms with Crippen LogP contribution in [0.25, 0.3) is 23.2 Å². The van der Waals surface area contributed by atoms with Crippen LogP contribution < -0.4 is 10.5 Å². The first-order valence-electron chi connectivity index (χ1n) is 8.09. The van der Waals surface area contributed by atoms with E-state index in [4.69, 9.17) is 0 Å². The van der Waals surface area contributed by atoms with Gasteiger partial charge in [-0.25, -0.2) is 0 Å². The highest BCUT2D eigenvalue weighted by Crippen LogP contribution is 2.16. The van der Waals surface area contributed by atoms with Crippen molar-refractivity contribution in [2.45, 2.75) is 13.8 Å². The number of rotatable bonds is 3. The van der Waals surface area contributed by atoms with Crippen LogP contribution in [0.1, 0.15) is 17.0 Å². The van der Waals surface area contributed by atoms with E-state index < -0.39 is 0 Å². The third-order valence-corrected chi connectivity index (χ3v) is 4.37. The summed E-state index contributed by atoms with van der Waals surface area (Å²) < 4.78 is 3.59. The maximum Gasteiger partial charge on any atom is 0.205 e. The zero-order valence-electron chi connectivity index (χ0n) is 14.6. The molecule has 0 saturated heterocycles. The fraction of sp³-hybridized carbons (Fsp3) is 0.222. The SMILES string of the molecule is CNc1ccc(/C=c2\c(C)nn3c(-c4cc(C)n(C)n4)nnc23)cc1. The van der Waals surface area contributed by atoms with Crippen molar-refractivity contribution < 1.29 is 0 Å². The molecule has 3 aromatic heterocycles. The van der Waals surface area contributed by atoms with E-state index in [-0.39, 0.29) is 0 Å². The summed E-state index contributed by atoms with van der Waals surface area (Å²) in [7, 11) is 3.82. The van der Waals surface area contributed by atoms with Crippen molar-refractivity contribution in [1.29, 1.82) is 0 Å². The van der Waals surface area contributed by atoms with E-state index in [1.807, 2.05) is 50.8 Å². The highest BCUT2D eigenvalue weighted by molar-refractivity contribution is 5.62. The van der Waals surface area contributed by atoms with Gasteiger partial charge < -0.3 is 5.32 Å². The Labute approximate surface area is 145 Å². The third-order valence-electron chi connectivity index (χ3n) is 4.37. The molecule has 7 heteroatoms. The molecule has 25 heavy (non-hydrogen) atoms. The molecule has 0 atom stereocenters. The Morgan fingerprint density at radius 2 is 1.80 bits per heavy atom. The standard InChI is InChI=1S/C18H19N7/c1-11-9-16(23-24(11)4)18-21-20-17-15(12(2)22-25(17)18)10-13-5-7-14(19-3)8-6-13/h5-10,19H,1-4H3/b15-10+. The summed E-state index contributed by atoms with van der Waals surface area (Å²) in [6.45, 7) is 3.99. The lowest BCUT2D eigenvalue weighted by molar-refractivity contribution is 0.739. The molecule has 3 heterocycles. The summed E-state index contributed by atoms with van der Waals surface area (Å²) in [6, 6.07) is 10.2. The first kappa shape index (κ1) is 15.3. The van der Waals surface area contributed by atoms with Crippen LogP contribution in [-0.4, -0.2) is 36.6 Å². The molecule has 0 fully saturated rings. The molecule has 4 aromatic rings. The highest BCUT2D eigenvalue weighted by atomic mass is 15.4. The Morgan fingerprint density at radius 3 is 2.44 bits per heavy atom. The number of anilines is 1. The predicted octanol–water partition coefficient (Wildman–Crippen LogP) is 1.73. The second-order valence-corrected chi connectivity index (χ2v) is 6.07. The maximum atomic E-state index is 4.62. The Kier molecular flexibility index (Phi) is 3.49. The number of hydrogen-bond acceptors (Lipinski definition) is 5. The Morgan fingerprint density at radius 1 is 1.04 bits per heavy atom. The molecular weight excluding hydrogens is 314 g/mol. The van der Waals surface area contributed by atoms with Crippen molar-refractivity contribution in [3.05, 3.63) is 52.5 Å². The molecule has 1 aromatic carbocycles. The monoisotopic (exact) mass is 333 g/mol. The number of nitrogens with one attached hydrogen (secondary N) is 1. The number of aryl methyl sites for hydroxylation is 3. The number of fused-ring (bicyclic) bond motifs is 1. The van der Waals surface area contributed by atoms with Crippen LogP contribution in [0.15, 0.2) is 30.3 Å². The number of hydrogen-bond donors (Lipinski definition) is 1. The summed E-state index contributed by atoms with van der Waals surface area (Å²) in [4.78, 5) is 0. The molecule has 7 nitrogen and oxygen atoms in total. The number of nitrogens with zero attached hydrogens (tertiary/aromatic N) is 6. The van der Waals surface area contributed by atoms with Gasteiger partial charge >= 0.3 is 0 Å². The van der Waals surface area contributed by atoms with Gasteiger partial charge in [0.25, 0.3) is 0 Å². The first-order chi connectivity index (χ1) is 12.1. The zero-order chi connectivity index (χ0) is 17.6. The van der Waals surface area contributed by atoms with Crippen molar-refractivity contribution in [3.63, 3.8) is 0 Å². The Hall–Kier alpha value is -3.22. The molecule has 0 bridgehead atoms. The minimum absolute atomic E-state index is 0.659. The van der Waals surface area contributed by atoms with E-state index >= 15 is 0 Å². The van der Waals surface area contributed by atoms with E-state index in [0.29, 0.717) is 5.82 Å². The lowest BCUT2D eigenvalue weighted by Crippen LogP contribution is -2.03. The summed E-state index contributed by atoms with van der Waals surface area (Å²) in [5, 5.41) is 21.8. The van der Waals surface area contributed by atoms with E-state index in [1.165, 1.54) is 0 Å². The second-order valence-electron chi connectivity index (χ2n) is 6.07. The van der Waals surface area contributed by atoms with Crippen molar-refractivity contribution in [2.75, 3.05) is 12.4 Å². The molecule has 0 unspecified atom stereocenters. The van der Waals surface area contributed by atoms with Gasteiger partial charge in [0.15, 0.2) is 5.65 Å². The maximum absolute atomic E-state index is 4.62. The van der Waals surface area contributed by atoms with Gasteiger partial charge in [0.2, 0.25) is 5.82 Å². The van der Waals surface area contributed by atoms with Crippen LogP contribution in [0.4, 0.5) is 5.69 Å². The quantitative estimate of drug-likeness (QED) is 0.618. The van der Waals surface area contributed by atoms with Gasteiger partial charge in [-0.05, 0) is 43.7 Å². The molecule has 0 aliphatic rings. The number of benzene rings is 1. The van der Waals surface area contributed by atoms with Gasteiger partial charge in [0, 0.05) is 30.7 Å². The molecule has 126 valence electrons.